The van der Waals surface area contributed by atoms with Crippen LogP contribution in [0.5, 0.6) is 0 Å². The van der Waals surface area contributed by atoms with Crippen molar-refractivity contribution in [2.45, 2.75) is 51.4 Å². The number of likely N-dealkylation sites (N-methyl/N-ethyl adjacent to an activating group) is 1. The van der Waals surface area contributed by atoms with Crippen LogP contribution in [0.3, 0.4) is 0 Å². The van der Waals surface area contributed by atoms with E-state index in [1.165, 1.54) is 0 Å². The van der Waals surface area contributed by atoms with Crippen molar-refractivity contribution in [3.8, 4) is 0 Å². The first-order chi connectivity index (χ1) is 8.79. The van der Waals surface area contributed by atoms with Crippen LogP contribution in [-0.4, -0.2) is 72.0 Å². The summed E-state index contributed by atoms with van der Waals surface area (Å²) in [5.74, 6) is 0.366. The van der Waals surface area contributed by atoms with Crippen LogP contribution >= 0.6 is 0 Å². The fraction of sp³-hybridized carbons (Fsp3) is 1.00. The normalized spacial score (nSPS) is 39.3. The quantitative estimate of drug-likeness (QED) is 0.792. The third kappa shape index (κ3) is 3.48. The van der Waals surface area contributed by atoms with Gasteiger partial charge in [0.2, 0.25) is 0 Å². The number of hydrogen-bond acceptors (Lipinski definition) is 4. The smallest absolute Gasteiger partial charge is 0.0682 e. The zero-order valence-corrected chi connectivity index (χ0v) is 12.8. The lowest BCUT2D eigenvalue weighted by Gasteiger charge is -2.32. The molecule has 0 aromatic rings. The van der Waals surface area contributed by atoms with Gasteiger partial charge in [-0.05, 0) is 44.7 Å². The summed E-state index contributed by atoms with van der Waals surface area (Å²) in [5, 5.41) is 20.3. The minimum Gasteiger partial charge on any atom is -0.392 e. The summed E-state index contributed by atoms with van der Waals surface area (Å²) in [6, 6.07) is 0.431. The molecule has 0 bridgehead atoms. The minimum atomic E-state index is -0.203. The van der Waals surface area contributed by atoms with E-state index < -0.39 is 0 Å². The van der Waals surface area contributed by atoms with Crippen molar-refractivity contribution in [3.63, 3.8) is 0 Å². The molecule has 1 aliphatic heterocycles. The summed E-state index contributed by atoms with van der Waals surface area (Å²) in [6.45, 7) is 7.01. The Kier molecular flexibility index (Phi) is 4.56. The second kappa shape index (κ2) is 5.68. The number of nitrogens with zero attached hydrogens (tertiary/aromatic N) is 2. The summed E-state index contributed by atoms with van der Waals surface area (Å²) < 4.78 is 0. The Morgan fingerprint density at radius 1 is 1.26 bits per heavy atom. The van der Waals surface area contributed by atoms with Gasteiger partial charge in [0, 0.05) is 25.7 Å². The molecule has 1 saturated heterocycles. The Hall–Kier alpha value is -0.160. The van der Waals surface area contributed by atoms with Gasteiger partial charge in [0.05, 0.1) is 12.2 Å². The highest BCUT2D eigenvalue weighted by atomic mass is 16.3. The maximum absolute atomic E-state index is 10.4. The van der Waals surface area contributed by atoms with E-state index >= 15 is 0 Å². The zero-order chi connectivity index (χ0) is 14.2. The minimum absolute atomic E-state index is 0.0556. The van der Waals surface area contributed by atoms with Gasteiger partial charge in [-0.1, -0.05) is 13.8 Å². The predicted octanol–water partition coefficient (Wildman–Crippen LogP) is 0.780. The lowest BCUT2D eigenvalue weighted by atomic mass is 9.87. The van der Waals surface area contributed by atoms with Crippen LogP contribution in [0, 0.1) is 11.3 Å². The standard InChI is InChI=1S/C15H30N2O2/c1-15(2)6-5-11(14(15)19)8-17-10-13(18)7-12(17)9-16(3)4/h11-14,18-19H,5-10H2,1-4H3. The Bertz CT molecular complexity index is 307. The predicted molar refractivity (Wildman–Crippen MR) is 77.1 cm³/mol. The molecule has 4 nitrogen and oxygen atoms in total. The molecule has 2 aliphatic rings. The second-order valence-electron chi connectivity index (χ2n) is 7.49. The van der Waals surface area contributed by atoms with E-state index in [4.69, 9.17) is 0 Å². The Morgan fingerprint density at radius 3 is 2.47 bits per heavy atom. The van der Waals surface area contributed by atoms with Gasteiger partial charge in [0.1, 0.15) is 0 Å². The van der Waals surface area contributed by atoms with Gasteiger partial charge in [0.25, 0.3) is 0 Å². The highest BCUT2D eigenvalue weighted by Gasteiger charge is 2.43. The molecular weight excluding hydrogens is 240 g/mol. The maximum Gasteiger partial charge on any atom is 0.0682 e. The van der Waals surface area contributed by atoms with Gasteiger partial charge >= 0.3 is 0 Å². The van der Waals surface area contributed by atoms with Crippen LogP contribution in [0.25, 0.3) is 0 Å². The van der Waals surface area contributed by atoms with E-state index in [-0.39, 0.29) is 17.6 Å². The van der Waals surface area contributed by atoms with Crippen molar-refractivity contribution in [3.05, 3.63) is 0 Å². The molecule has 0 aromatic carbocycles. The molecule has 0 aromatic heterocycles. The fourth-order valence-corrected chi connectivity index (χ4v) is 3.79. The van der Waals surface area contributed by atoms with Gasteiger partial charge in [0.15, 0.2) is 0 Å². The SMILES string of the molecule is CN(C)CC1CC(O)CN1CC1CCC(C)(C)C1O. The molecule has 1 heterocycles. The summed E-state index contributed by atoms with van der Waals surface area (Å²) in [6.07, 6.45) is 2.68. The van der Waals surface area contributed by atoms with E-state index in [2.05, 4.69) is 37.7 Å². The van der Waals surface area contributed by atoms with Crippen molar-refractivity contribution >= 4 is 0 Å². The summed E-state index contributed by atoms with van der Waals surface area (Å²) >= 11 is 0. The first-order valence-electron chi connectivity index (χ1n) is 7.54. The first-order valence-corrected chi connectivity index (χ1v) is 7.54. The molecule has 0 amide bonds. The largest absolute Gasteiger partial charge is 0.392 e. The topological polar surface area (TPSA) is 46.9 Å². The average Bonchev–Trinajstić information content (AvgIpc) is 2.73. The van der Waals surface area contributed by atoms with E-state index in [1.54, 1.807) is 0 Å². The van der Waals surface area contributed by atoms with Gasteiger partial charge in [-0.3, -0.25) is 4.90 Å². The molecule has 4 heteroatoms. The number of aliphatic hydroxyl groups is 2. The van der Waals surface area contributed by atoms with E-state index in [9.17, 15) is 10.2 Å². The fourth-order valence-electron chi connectivity index (χ4n) is 3.79. The third-order valence-electron chi connectivity index (χ3n) is 4.96. The number of likely N-dealkylation sites (tertiary alicyclic amines) is 1. The number of rotatable bonds is 4. The van der Waals surface area contributed by atoms with Crippen LogP contribution in [0.2, 0.25) is 0 Å². The van der Waals surface area contributed by atoms with E-state index in [0.29, 0.717) is 12.0 Å². The second-order valence-corrected chi connectivity index (χ2v) is 7.49. The maximum atomic E-state index is 10.4. The van der Waals surface area contributed by atoms with Crippen LogP contribution in [0.15, 0.2) is 0 Å². The number of hydrogen-bond donors (Lipinski definition) is 2. The van der Waals surface area contributed by atoms with Crippen molar-refractivity contribution in [1.82, 2.24) is 9.80 Å². The summed E-state index contributed by atoms with van der Waals surface area (Å²) in [5.41, 5.74) is 0.0556. The van der Waals surface area contributed by atoms with Crippen molar-refractivity contribution in [2.75, 3.05) is 33.7 Å². The van der Waals surface area contributed by atoms with Crippen LogP contribution < -0.4 is 0 Å². The van der Waals surface area contributed by atoms with Gasteiger partial charge < -0.3 is 15.1 Å². The van der Waals surface area contributed by atoms with Crippen molar-refractivity contribution < 1.29 is 10.2 Å². The molecule has 2 N–H and O–H groups in total. The molecule has 0 spiro atoms. The molecule has 0 radical (unpaired) electrons. The highest BCUT2D eigenvalue weighted by Crippen LogP contribution is 2.42. The summed E-state index contributed by atoms with van der Waals surface area (Å²) in [7, 11) is 4.16. The molecule has 1 saturated carbocycles. The molecular formula is C15H30N2O2. The molecule has 2 rings (SSSR count). The van der Waals surface area contributed by atoms with Gasteiger partial charge in [-0.25, -0.2) is 0 Å². The third-order valence-corrected chi connectivity index (χ3v) is 4.96. The van der Waals surface area contributed by atoms with Crippen molar-refractivity contribution in [2.24, 2.45) is 11.3 Å². The zero-order valence-electron chi connectivity index (χ0n) is 12.8. The number of β-amino-alcohol motifs (C(OH)–C–C–N with tert-alkyl or cyclic N) is 1. The molecule has 4 atom stereocenters. The van der Waals surface area contributed by atoms with Crippen molar-refractivity contribution in [1.29, 1.82) is 0 Å². The molecule has 2 fully saturated rings. The first kappa shape index (κ1) is 15.2. The van der Waals surface area contributed by atoms with E-state index in [1.807, 2.05) is 0 Å². The average molecular weight is 270 g/mol. The van der Waals surface area contributed by atoms with Gasteiger partial charge in [-0.2, -0.15) is 0 Å². The molecule has 1 aliphatic carbocycles. The van der Waals surface area contributed by atoms with Crippen LogP contribution in [0.1, 0.15) is 33.1 Å². The lowest BCUT2D eigenvalue weighted by molar-refractivity contribution is 0.0285. The molecule has 4 unspecified atom stereocenters. The number of aliphatic hydroxyl groups excluding tert-OH is 2. The van der Waals surface area contributed by atoms with Crippen LogP contribution in [0.4, 0.5) is 0 Å². The Balaban J connectivity index is 1.94. The highest BCUT2D eigenvalue weighted by molar-refractivity contribution is 4.95. The lowest BCUT2D eigenvalue weighted by Crippen LogP contribution is -2.42. The monoisotopic (exact) mass is 270 g/mol. The van der Waals surface area contributed by atoms with Crippen LogP contribution in [-0.2, 0) is 0 Å². The Morgan fingerprint density at radius 2 is 1.95 bits per heavy atom. The Labute approximate surface area is 117 Å². The van der Waals surface area contributed by atoms with E-state index in [0.717, 1.165) is 38.9 Å². The molecule has 112 valence electrons. The summed E-state index contributed by atoms with van der Waals surface area (Å²) in [4.78, 5) is 4.57. The molecule has 19 heavy (non-hydrogen) atoms. The van der Waals surface area contributed by atoms with Gasteiger partial charge in [-0.15, -0.1) is 0 Å².